The van der Waals surface area contributed by atoms with Crippen LogP contribution < -0.4 is 0 Å². The van der Waals surface area contributed by atoms with E-state index in [1.807, 2.05) is 43.6 Å². The molecule has 2 rings (SSSR count). The van der Waals surface area contributed by atoms with Crippen molar-refractivity contribution < 1.29 is 4.84 Å². The van der Waals surface area contributed by atoms with Gasteiger partial charge in [0.25, 0.3) is 0 Å². The third kappa shape index (κ3) is 3.42. The zero-order valence-corrected chi connectivity index (χ0v) is 11.0. The summed E-state index contributed by atoms with van der Waals surface area (Å²) in [6.07, 6.45) is 3.45. The minimum Gasteiger partial charge on any atom is -0.391 e. The molecule has 88 valence electrons. The molecule has 0 fully saturated rings. The Hall–Kier alpha value is -1.62. The van der Waals surface area contributed by atoms with Crippen LogP contribution in [0.25, 0.3) is 0 Å². The van der Waals surface area contributed by atoms with Gasteiger partial charge in [-0.1, -0.05) is 35.5 Å². The van der Waals surface area contributed by atoms with Crippen LogP contribution in [0.3, 0.4) is 0 Å². The van der Waals surface area contributed by atoms with Gasteiger partial charge in [0, 0.05) is 13.2 Å². The molecule has 0 N–H and O–H groups in total. The lowest BCUT2D eigenvalue weighted by molar-refractivity contribution is 0.132. The summed E-state index contributed by atoms with van der Waals surface area (Å²) in [5, 5.41) is 8.08. The summed E-state index contributed by atoms with van der Waals surface area (Å²) >= 11 is 3.38. The number of hydrogen-bond donors (Lipinski definition) is 0. The standard InChI is InChI=1S/C12H12BrN3O/c1-16-8-11(13)12(15-16)7-14-17-9-10-5-3-2-4-6-10/h2-8H,9H2,1H3/b14-7+. The first-order chi connectivity index (χ1) is 8.25. The van der Waals surface area contributed by atoms with E-state index in [1.165, 1.54) is 0 Å². The van der Waals surface area contributed by atoms with E-state index in [0.29, 0.717) is 6.61 Å². The molecule has 0 bridgehead atoms. The van der Waals surface area contributed by atoms with E-state index < -0.39 is 0 Å². The molecule has 0 radical (unpaired) electrons. The van der Waals surface area contributed by atoms with Gasteiger partial charge in [0.1, 0.15) is 12.3 Å². The fourth-order valence-electron chi connectivity index (χ4n) is 1.34. The van der Waals surface area contributed by atoms with Gasteiger partial charge < -0.3 is 4.84 Å². The predicted molar refractivity (Wildman–Crippen MR) is 69.7 cm³/mol. The van der Waals surface area contributed by atoms with Gasteiger partial charge in [0.05, 0.1) is 10.7 Å². The lowest BCUT2D eigenvalue weighted by Gasteiger charge is -1.97. The molecule has 1 aromatic heterocycles. The Balaban J connectivity index is 1.88. The van der Waals surface area contributed by atoms with E-state index in [1.54, 1.807) is 10.9 Å². The van der Waals surface area contributed by atoms with Crippen molar-refractivity contribution in [2.75, 3.05) is 0 Å². The highest BCUT2D eigenvalue weighted by molar-refractivity contribution is 9.10. The summed E-state index contributed by atoms with van der Waals surface area (Å²) in [6.45, 7) is 0.460. The molecule has 2 aromatic rings. The maximum Gasteiger partial charge on any atom is 0.142 e. The van der Waals surface area contributed by atoms with Crippen molar-refractivity contribution in [3.63, 3.8) is 0 Å². The molecule has 0 amide bonds. The number of benzene rings is 1. The van der Waals surface area contributed by atoms with Crippen LogP contribution in [-0.4, -0.2) is 16.0 Å². The number of hydrogen-bond acceptors (Lipinski definition) is 3. The average molecular weight is 294 g/mol. The molecule has 4 nitrogen and oxygen atoms in total. The first-order valence-electron chi connectivity index (χ1n) is 5.14. The quantitative estimate of drug-likeness (QED) is 0.642. The molecule has 0 atom stereocenters. The Morgan fingerprint density at radius 2 is 2.18 bits per heavy atom. The number of aromatic nitrogens is 2. The van der Waals surface area contributed by atoms with Gasteiger partial charge in [0.15, 0.2) is 0 Å². The second-order valence-corrected chi connectivity index (χ2v) is 4.38. The highest BCUT2D eigenvalue weighted by Gasteiger charge is 2.00. The van der Waals surface area contributed by atoms with Gasteiger partial charge in [-0.3, -0.25) is 4.68 Å². The van der Waals surface area contributed by atoms with Crippen LogP contribution >= 0.6 is 15.9 Å². The number of nitrogens with zero attached hydrogens (tertiary/aromatic N) is 3. The molecule has 0 unspecified atom stereocenters. The normalized spacial score (nSPS) is 10.9. The smallest absolute Gasteiger partial charge is 0.142 e. The molecule has 1 heterocycles. The van der Waals surface area contributed by atoms with Gasteiger partial charge in [0.2, 0.25) is 0 Å². The Kier molecular flexibility index (Phi) is 3.93. The summed E-state index contributed by atoms with van der Waals surface area (Å²) in [5.41, 5.74) is 1.84. The lowest BCUT2D eigenvalue weighted by atomic mass is 10.2. The molecule has 0 spiro atoms. The van der Waals surface area contributed by atoms with Crippen LogP contribution in [0.5, 0.6) is 0 Å². The maximum absolute atomic E-state index is 5.19. The first kappa shape index (κ1) is 11.9. The number of halogens is 1. The van der Waals surface area contributed by atoms with Gasteiger partial charge in [-0.2, -0.15) is 5.10 Å². The SMILES string of the molecule is Cn1cc(Br)c(/C=N/OCc2ccccc2)n1. The molecule has 0 aliphatic carbocycles. The third-order valence-electron chi connectivity index (χ3n) is 2.13. The molecular formula is C12H12BrN3O. The summed E-state index contributed by atoms with van der Waals surface area (Å²) in [4.78, 5) is 5.19. The van der Waals surface area contributed by atoms with Crippen LogP contribution in [-0.2, 0) is 18.5 Å². The molecular weight excluding hydrogens is 282 g/mol. The van der Waals surface area contributed by atoms with Gasteiger partial charge in [-0.05, 0) is 21.5 Å². The Morgan fingerprint density at radius 3 is 2.82 bits per heavy atom. The second-order valence-electron chi connectivity index (χ2n) is 3.53. The largest absolute Gasteiger partial charge is 0.391 e. The average Bonchev–Trinajstić information content (AvgIpc) is 2.65. The van der Waals surface area contributed by atoms with Gasteiger partial charge >= 0.3 is 0 Å². The summed E-state index contributed by atoms with van der Waals surface area (Å²) in [5.74, 6) is 0. The highest BCUT2D eigenvalue weighted by Crippen LogP contribution is 2.11. The van der Waals surface area contributed by atoms with Crippen LogP contribution in [0.15, 0.2) is 46.2 Å². The van der Waals surface area contributed by atoms with E-state index in [4.69, 9.17) is 4.84 Å². The van der Waals surface area contributed by atoms with Crippen molar-refractivity contribution >= 4 is 22.1 Å². The van der Waals surface area contributed by atoms with Crippen molar-refractivity contribution in [3.8, 4) is 0 Å². The topological polar surface area (TPSA) is 39.4 Å². The summed E-state index contributed by atoms with van der Waals surface area (Å²) < 4.78 is 2.61. The summed E-state index contributed by atoms with van der Waals surface area (Å²) in [6, 6.07) is 9.89. The lowest BCUT2D eigenvalue weighted by Crippen LogP contribution is -1.91. The number of aryl methyl sites for hydroxylation is 1. The number of oxime groups is 1. The molecule has 0 aliphatic rings. The highest BCUT2D eigenvalue weighted by atomic mass is 79.9. The van der Waals surface area contributed by atoms with Crippen molar-refractivity contribution in [2.45, 2.75) is 6.61 Å². The van der Waals surface area contributed by atoms with E-state index in [9.17, 15) is 0 Å². The molecule has 5 heteroatoms. The Labute approximate surface area is 108 Å². The first-order valence-corrected chi connectivity index (χ1v) is 5.93. The van der Waals surface area contributed by atoms with Crippen molar-refractivity contribution in [1.29, 1.82) is 0 Å². The monoisotopic (exact) mass is 293 g/mol. The minimum atomic E-state index is 0.460. The van der Waals surface area contributed by atoms with Gasteiger partial charge in [-0.25, -0.2) is 0 Å². The van der Waals surface area contributed by atoms with Crippen LogP contribution in [0.2, 0.25) is 0 Å². The van der Waals surface area contributed by atoms with Crippen LogP contribution in [0, 0.1) is 0 Å². The molecule has 1 aromatic carbocycles. The van der Waals surface area contributed by atoms with E-state index >= 15 is 0 Å². The maximum atomic E-state index is 5.19. The Bertz CT molecular complexity index is 508. The third-order valence-corrected chi connectivity index (χ3v) is 2.74. The van der Waals surface area contributed by atoms with E-state index in [-0.39, 0.29) is 0 Å². The fourth-order valence-corrected chi connectivity index (χ4v) is 1.82. The molecule has 0 aliphatic heterocycles. The van der Waals surface area contributed by atoms with Crippen LogP contribution in [0.4, 0.5) is 0 Å². The number of rotatable bonds is 4. The molecule has 17 heavy (non-hydrogen) atoms. The minimum absolute atomic E-state index is 0.460. The molecule has 0 saturated carbocycles. The molecule has 0 saturated heterocycles. The van der Waals surface area contributed by atoms with Crippen molar-refractivity contribution in [2.24, 2.45) is 12.2 Å². The van der Waals surface area contributed by atoms with E-state index in [0.717, 1.165) is 15.7 Å². The van der Waals surface area contributed by atoms with Crippen LogP contribution in [0.1, 0.15) is 11.3 Å². The zero-order valence-electron chi connectivity index (χ0n) is 9.38. The Morgan fingerprint density at radius 1 is 1.41 bits per heavy atom. The predicted octanol–water partition coefficient (Wildman–Crippen LogP) is 2.73. The van der Waals surface area contributed by atoms with E-state index in [2.05, 4.69) is 26.2 Å². The van der Waals surface area contributed by atoms with Crippen molar-refractivity contribution in [1.82, 2.24) is 9.78 Å². The summed E-state index contributed by atoms with van der Waals surface area (Å²) in [7, 11) is 1.85. The van der Waals surface area contributed by atoms with Crippen molar-refractivity contribution in [3.05, 3.63) is 52.3 Å². The fraction of sp³-hybridized carbons (Fsp3) is 0.167. The second kappa shape index (κ2) is 5.63. The zero-order chi connectivity index (χ0) is 12.1. The van der Waals surface area contributed by atoms with Gasteiger partial charge in [-0.15, -0.1) is 0 Å².